The summed E-state index contributed by atoms with van der Waals surface area (Å²) in [5, 5.41) is 0. The fourth-order valence-corrected chi connectivity index (χ4v) is 0.576. The molecule has 0 aromatic carbocycles. The largest absolute Gasteiger partial charge is 0.460 e. The third-order valence-electron chi connectivity index (χ3n) is 0.822. The zero-order valence-corrected chi connectivity index (χ0v) is 8.48. The highest BCUT2D eigenvalue weighted by molar-refractivity contribution is 5.85. The number of halogens is 1. The van der Waals surface area contributed by atoms with Crippen LogP contribution in [0.4, 0.5) is 0 Å². The summed E-state index contributed by atoms with van der Waals surface area (Å²) in [4.78, 5) is 10.9. The van der Waals surface area contributed by atoms with Crippen LogP contribution in [0, 0.1) is 0 Å². The van der Waals surface area contributed by atoms with Crippen LogP contribution >= 0.6 is 12.4 Å². The molecule has 5 heteroatoms. The summed E-state index contributed by atoms with van der Waals surface area (Å²) in [5.74, 6) is -0.354. The van der Waals surface area contributed by atoms with E-state index < -0.39 is 11.8 Å². The maximum atomic E-state index is 10.9. The average Bonchev–Trinajstić information content (AvgIpc) is 1.53. The van der Waals surface area contributed by atoms with Crippen LogP contribution in [0.5, 0.6) is 0 Å². The van der Waals surface area contributed by atoms with Crippen molar-refractivity contribution in [3.63, 3.8) is 0 Å². The molecule has 4 N–H and O–H groups in total. The van der Waals surface area contributed by atoms with E-state index in [1.165, 1.54) is 0 Å². The van der Waals surface area contributed by atoms with Gasteiger partial charge >= 0.3 is 5.97 Å². The normalized spacial score (nSPS) is 10.8. The van der Waals surface area contributed by atoms with Crippen molar-refractivity contribution in [3.05, 3.63) is 0 Å². The first-order valence-electron chi connectivity index (χ1n) is 3.54. The van der Waals surface area contributed by atoms with E-state index in [-0.39, 0.29) is 24.8 Å². The second-order valence-corrected chi connectivity index (χ2v) is 3.45. The van der Waals surface area contributed by atoms with Crippen LogP contribution in [0.3, 0.4) is 0 Å². The number of hydrogen-bond donors (Lipinski definition) is 2. The van der Waals surface area contributed by atoms with E-state index in [1.54, 1.807) is 20.8 Å². The number of hydrogen-bond acceptors (Lipinski definition) is 4. The lowest BCUT2D eigenvalue weighted by Gasteiger charge is -2.19. The number of carbonyl (C=O) groups excluding carboxylic acids is 1. The van der Waals surface area contributed by atoms with Crippen LogP contribution in [0.1, 0.15) is 27.2 Å². The Morgan fingerprint density at radius 1 is 1.42 bits per heavy atom. The van der Waals surface area contributed by atoms with Crippen LogP contribution in [-0.4, -0.2) is 17.7 Å². The molecule has 0 atom stereocenters. The van der Waals surface area contributed by atoms with Gasteiger partial charge in [-0.3, -0.25) is 4.79 Å². The maximum absolute atomic E-state index is 10.9. The van der Waals surface area contributed by atoms with Crippen LogP contribution < -0.4 is 11.5 Å². The Morgan fingerprint density at radius 2 is 1.83 bits per heavy atom. The van der Waals surface area contributed by atoms with Crippen molar-refractivity contribution in [2.24, 2.45) is 11.5 Å². The lowest BCUT2D eigenvalue weighted by Crippen LogP contribution is -2.35. The molecule has 0 radical (unpaired) electrons. The van der Waals surface area contributed by atoms with E-state index in [9.17, 15) is 4.79 Å². The summed E-state index contributed by atoms with van der Waals surface area (Å²) in [6.45, 7) is 5.40. The molecule has 0 spiro atoms. The van der Waals surface area contributed by atoms with Gasteiger partial charge in [0.25, 0.3) is 0 Å². The first-order valence-corrected chi connectivity index (χ1v) is 3.54. The van der Waals surface area contributed by atoms with Gasteiger partial charge in [0.2, 0.25) is 0 Å². The molecule has 0 amide bonds. The zero-order valence-electron chi connectivity index (χ0n) is 7.66. The molecule has 0 heterocycles. The Morgan fingerprint density at radius 3 is 2.08 bits per heavy atom. The Hall–Kier alpha value is -0.320. The average molecular weight is 197 g/mol. The van der Waals surface area contributed by atoms with Crippen molar-refractivity contribution in [1.29, 1.82) is 0 Å². The predicted molar refractivity (Wildman–Crippen MR) is 49.9 cm³/mol. The van der Waals surface area contributed by atoms with Crippen molar-refractivity contribution in [2.45, 2.75) is 39.0 Å². The molecule has 0 bridgehead atoms. The van der Waals surface area contributed by atoms with Crippen LogP contribution in [0.15, 0.2) is 0 Å². The number of esters is 1. The van der Waals surface area contributed by atoms with Crippen LogP contribution in [0.2, 0.25) is 0 Å². The lowest BCUT2D eigenvalue weighted by molar-refractivity contribution is -0.155. The molecule has 0 saturated heterocycles. The van der Waals surface area contributed by atoms with Crippen LogP contribution in [-0.2, 0) is 9.53 Å². The van der Waals surface area contributed by atoms with E-state index in [4.69, 9.17) is 16.2 Å². The molecule has 0 aliphatic heterocycles. The highest BCUT2D eigenvalue weighted by Gasteiger charge is 2.16. The van der Waals surface area contributed by atoms with Gasteiger partial charge < -0.3 is 16.2 Å². The summed E-state index contributed by atoms with van der Waals surface area (Å²) in [6, 6.07) is 0. The maximum Gasteiger partial charge on any atom is 0.309 e. The van der Waals surface area contributed by atoms with Gasteiger partial charge in [-0.15, -0.1) is 12.4 Å². The molecule has 0 rings (SSSR count). The van der Waals surface area contributed by atoms with Crippen molar-refractivity contribution in [2.75, 3.05) is 0 Å². The molecule has 0 aliphatic rings. The third-order valence-corrected chi connectivity index (χ3v) is 0.822. The van der Waals surface area contributed by atoms with E-state index in [0.29, 0.717) is 0 Å². The number of ether oxygens (including phenoxy) is 1. The monoisotopic (exact) mass is 196 g/mol. The second kappa shape index (κ2) is 5.35. The fourth-order valence-electron chi connectivity index (χ4n) is 0.576. The summed E-state index contributed by atoms with van der Waals surface area (Å²) >= 11 is 0. The van der Waals surface area contributed by atoms with Gasteiger partial charge in [0.05, 0.1) is 12.6 Å². The zero-order chi connectivity index (χ0) is 9.07. The molecule has 74 valence electrons. The SMILES string of the molecule is CC(C)(C)OC(=O)CC(N)N.Cl. The van der Waals surface area contributed by atoms with Gasteiger partial charge in [0.1, 0.15) is 5.60 Å². The van der Waals surface area contributed by atoms with Crippen molar-refractivity contribution < 1.29 is 9.53 Å². The molecule has 12 heavy (non-hydrogen) atoms. The quantitative estimate of drug-likeness (QED) is 0.495. The van der Waals surface area contributed by atoms with Gasteiger partial charge in [0.15, 0.2) is 0 Å². The Kier molecular flexibility index (Phi) is 6.34. The van der Waals surface area contributed by atoms with Crippen molar-refractivity contribution >= 4 is 18.4 Å². The number of carbonyl (C=O) groups is 1. The highest BCUT2D eigenvalue weighted by atomic mass is 35.5. The Labute approximate surface area is 79.0 Å². The van der Waals surface area contributed by atoms with E-state index in [1.807, 2.05) is 0 Å². The van der Waals surface area contributed by atoms with Gasteiger partial charge in [-0.1, -0.05) is 0 Å². The van der Waals surface area contributed by atoms with Crippen molar-refractivity contribution in [1.82, 2.24) is 0 Å². The molecule has 0 saturated carbocycles. The minimum Gasteiger partial charge on any atom is -0.460 e. The summed E-state index contributed by atoms with van der Waals surface area (Å²) < 4.78 is 4.95. The number of nitrogens with two attached hydrogens (primary N) is 2. The second-order valence-electron chi connectivity index (χ2n) is 3.45. The molecule has 0 aromatic heterocycles. The summed E-state index contributed by atoms with van der Waals surface area (Å²) in [5.41, 5.74) is 9.93. The summed E-state index contributed by atoms with van der Waals surface area (Å²) in [6.07, 6.45) is -0.554. The van der Waals surface area contributed by atoms with E-state index in [0.717, 1.165) is 0 Å². The number of rotatable bonds is 2. The van der Waals surface area contributed by atoms with E-state index in [2.05, 4.69) is 0 Å². The Bertz CT molecular complexity index is 143. The third kappa shape index (κ3) is 9.68. The molecule has 0 aromatic rings. The van der Waals surface area contributed by atoms with Gasteiger partial charge in [-0.05, 0) is 20.8 Å². The highest BCUT2D eigenvalue weighted by Crippen LogP contribution is 2.07. The van der Waals surface area contributed by atoms with Gasteiger partial charge in [0, 0.05) is 0 Å². The molecule has 0 fully saturated rings. The topological polar surface area (TPSA) is 78.3 Å². The molecule has 0 aliphatic carbocycles. The first-order chi connectivity index (χ1) is 4.81. The molecule has 4 nitrogen and oxygen atoms in total. The Balaban J connectivity index is 0. The molecule has 0 unspecified atom stereocenters. The minimum atomic E-state index is -0.621. The van der Waals surface area contributed by atoms with E-state index >= 15 is 0 Å². The fraction of sp³-hybridized carbons (Fsp3) is 0.857. The minimum absolute atomic E-state index is 0. The lowest BCUT2D eigenvalue weighted by atomic mass is 10.2. The standard InChI is InChI=1S/C7H16N2O2.ClH/c1-7(2,3)11-6(10)4-5(8)9;/h5H,4,8-9H2,1-3H3;1H. The first kappa shape index (κ1) is 14.2. The smallest absolute Gasteiger partial charge is 0.309 e. The van der Waals surface area contributed by atoms with Gasteiger partial charge in [-0.25, -0.2) is 0 Å². The molecular formula is C7H17ClN2O2. The molecular weight excluding hydrogens is 180 g/mol. The van der Waals surface area contributed by atoms with Gasteiger partial charge in [-0.2, -0.15) is 0 Å². The summed E-state index contributed by atoms with van der Waals surface area (Å²) in [7, 11) is 0. The van der Waals surface area contributed by atoms with Crippen LogP contribution in [0.25, 0.3) is 0 Å². The predicted octanol–water partition coefficient (Wildman–Crippen LogP) is 0.384. The van der Waals surface area contributed by atoms with Crippen molar-refractivity contribution in [3.8, 4) is 0 Å².